The van der Waals surface area contributed by atoms with Gasteiger partial charge in [0.05, 0.1) is 5.69 Å². The van der Waals surface area contributed by atoms with E-state index in [-0.39, 0.29) is 0 Å². The Morgan fingerprint density at radius 3 is 2.69 bits per heavy atom. The van der Waals surface area contributed by atoms with Gasteiger partial charge in [0.25, 0.3) is 0 Å². The lowest BCUT2D eigenvalue weighted by atomic mass is 10.3. The zero-order valence-corrected chi connectivity index (χ0v) is 9.43. The maximum Gasteiger partial charge on any atom is 0.175 e. The Bertz CT molecular complexity index is 450. The van der Waals surface area contributed by atoms with E-state index in [1.807, 2.05) is 12.1 Å². The molecule has 84 valence electrons. The minimum absolute atomic E-state index is 0.634. The normalized spacial score (nSPS) is 10.6. The fourth-order valence-electron chi connectivity index (χ4n) is 1.29. The SMILES string of the molecule is NCCCc1nnn(-c2ccc(Cl)cc2)n1. The van der Waals surface area contributed by atoms with Crippen molar-refractivity contribution in [1.29, 1.82) is 0 Å². The highest BCUT2D eigenvalue weighted by atomic mass is 35.5. The number of aromatic nitrogens is 4. The summed E-state index contributed by atoms with van der Waals surface area (Å²) in [6, 6.07) is 7.27. The minimum Gasteiger partial charge on any atom is -0.330 e. The topological polar surface area (TPSA) is 69.6 Å². The summed E-state index contributed by atoms with van der Waals surface area (Å²) < 4.78 is 0. The molecule has 2 rings (SSSR count). The van der Waals surface area contributed by atoms with Gasteiger partial charge in [-0.15, -0.1) is 15.0 Å². The van der Waals surface area contributed by atoms with Crippen molar-refractivity contribution >= 4 is 11.6 Å². The monoisotopic (exact) mass is 237 g/mol. The second-order valence-corrected chi connectivity index (χ2v) is 3.80. The number of hydrogen-bond acceptors (Lipinski definition) is 4. The molecule has 0 bridgehead atoms. The van der Waals surface area contributed by atoms with Crippen molar-refractivity contribution in [2.24, 2.45) is 5.73 Å². The highest BCUT2D eigenvalue weighted by Crippen LogP contribution is 2.11. The lowest BCUT2D eigenvalue weighted by Gasteiger charge is -1.97. The number of tetrazole rings is 1. The van der Waals surface area contributed by atoms with E-state index < -0.39 is 0 Å². The van der Waals surface area contributed by atoms with Crippen LogP contribution in [0.1, 0.15) is 12.2 Å². The molecular formula is C10H12ClN5. The maximum absolute atomic E-state index is 5.79. The fraction of sp³-hybridized carbons (Fsp3) is 0.300. The zero-order chi connectivity index (χ0) is 11.4. The van der Waals surface area contributed by atoms with Gasteiger partial charge in [0, 0.05) is 11.4 Å². The molecule has 0 spiro atoms. The van der Waals surface area contributed by atoms with Gasteiger partial charge < -0.3 is 5.73 Å². The van der Waals surface area contributed by atoms with Crippen LogP contribution in [-0.4, -0.2) is 26.8 Å². The molecule has 0 atom stereocenters. The first-order valence-electron chi connectivity index (χ1n) is 5.04. The third-order valence-electron chi connectivity index (χ3n) is 2.12. The van der Waals surface area contributed by atoms with Crippen LogP contribution in [0.5, 0.6) is 0 Å². The molecule has 0 aliphatic heterocycles. The molecule has 5 nitrogen and oxygen atoms in total. The minimum atomic E-state index is 0.634. The van der Waals surface area contributed by atoms with Crippen LogP contribution in [0, 0.1) is 0 Å². The third-order valence-corrected chi connectivity index (χ3v) is 2.37. The summed E-state index contributed by atoms with van der Waals surface area (Å²) in [7, 11) is 0. The number of rotatable bonds is 4. The van der Waals surface area contributed by atoms with Crippen LogP contribution < -0.4 is 5.73 Å². The summed E-state index contributed by atoms with van der Waals surface area (Å²) in [5, 5.41) is 12.8. The zero-order valence-electron chi connectivity index (χ0n) is 8.67. The Kier molecular flexibility index (Phi) is 3.48. The van der Waals surface area contributed by atoms with Gasteiger partial charge in [-0.05, 0) is 42.4 Å². The fourth-order valence-corrected chi connectivity index (χ4v) is 1.41. The van der Waals surface area contributed by atoms with Gasteiger partial charge in [-0.1, -0.05) is 11.6 Å². The van der Waals surface area contributed by atoms with Crippen LogP contribution in [0.25, 0.3) is 5.69 Å². The highest BCUT2D eigenvalue weighted by Gasteiger charge is 2.03. The van der Waals surface area contributed by atoms with Gasteiger partial charge in [0.1, 0.15) is 0 Å². The van der Waals surface area contributed by atoms with Crippen LogP contribution in [0.2, 0.25) is 5.02 Å². The molecule has 1 aromatic carbocycles. The van der Waals surface area contributed by atoms with E-state index in [1.165, 1.54) is 4.80 Å². The molecular weight excluding hydrogens is 226 g/mol. The first kappa shape index (κ1) is 11.0. The Morgan fingerprint density at radius 1 is 1.25 bits per heavy atom. The van der Waals surface area contributed by atoms with Gasteiger partial charge in [-0.25, -0.2) is 0 Å². The van der Waals surface area contributed by atoms with Crippen LogP contribution in [-0.2, 0) is 6.42 Å². The lowest BCUT2D eigenvalue weighted by Crippen LogP contribution is -2.02. The summed E-state index contributed by atoms with van der Waals surface area (Å²) in [6.45, 7) is 0.634. The van der Waals surface area contributed by atoms with Gasteiger partial charge in [-0.2, -0.15) is 0 Å². The van der Waals surface area contributed by atoms with E-state index in [9.17, 15) is 0 Å². The molecule has 0 aliphatic rings. The average molecular weight is 238 g/mol. The average Bonchev–Trinajstić information content (AvgIpc) is 2.76. The predicted octanol–water partition coefficient (Wildman–Crippen LogP) is 1.21. The summed E-state index contributed by atoms with van der Waals surface area (Å²) in [6.07, 6.45) is 1.62. The Hall–Kier alpha value is -1.46. The lowest BCUT2D eigenvalue weighted by molar-refractivity contribution is 0.714. The molecule has 0 amide bonds. The number of nitrogens with two attached hydrogens (primary N) is 1. The van der Waals surface area contributed by atoms with Gasteiger partial charge >= 0.3 is 0 Å². The van der Waals surface area contributed by atoms with E-state index in [2.05, 4.69) is 15.4 Å². The van der Waals surface area contributed by atoms with Crippen molar-refractivity contribution in [2.75, 3.05) is 6.54 Å². The van der Waals surface area contributed by atoms with Crippen molar-refractivity contribution in [1.82, 2.24) is 20.2 Å². The molecule has 0 fully saturated rings. The maximum atomic E-state index is 5.79. The van der Waals surface area contributed by atoms with E-state index in [4.69, 9.17) is 17.3 Å². The highest BCUT2D eigenvalue weighted by molar-refractivity contribution is 6.30. The summed E-state index contributed by atoms with van der Waals surface area (Å²) in [5.74, 6) is 0.709. The van der Waals surface area contributed by atoms with Crippen molar-refractivity contribution in [3.05, 3.63) is 35.1 Å². The summed E-state index contributed by atoms with van der Waals surface area (Å²) in [5.41, 5.74) is 6.26. The third kappa shape index (κ3) is 2.56. The number of benzene rings is 1. The Labute approximate surface area is 98.2 Å². The molecule has 6 heteroatoms. The number of nitrogens with zero attached hydrogens (tertiary/aromatic N) is 4. The summed E-state index contributed by atoms with van der Waals surface area (Å²) in [4.78, 5) is 1.49. The van der Waals surface area contributed by atoms with Gasteiger partial charge in [0.15, 0.2) is 5.82 Å². The largest absolute Gasteiger partial charge is 0.330 e. The number of aryl methyl sites for hydroxylation is 1. The molecule has 1 aromatic heterocycles. The Balaban J connectivity index is 2.15. The van der Waals surface area contributed by atoms with Gasteiger partial charge in [-0.3, -0.25) is 0 Å². The van der Waals surface area contributed by atoms with Crippen molar-refractivity contribution in [3.63, 3.8) is 0 Å². The van der Waals surface area contributed by atoms with Crippen LogP contribution in [0.15, 0.2) is 24.3 Å². The first-order valence-corrected chi connectivity index (χ1v) is 5.42. The molecule has 1 heterocycles. The first-order chi connectivity index (χ1) is 7.79. The van der Waals surface area contributed by atoms with Crippen molar-refractivity contribution in [2.45, 2.75) is 12.8 Å². The van der Waals surface area contributed by atoms with E-state index >= 15 is 0 Å². The second kappa shape index (κ2) is 5.05. The number of halogens is 1. The van der Waals surface area contributed by atoms with E-state index in [0.29, 0.717) is 17.4 Å². The Morgan fingerprint density at radius 2 is 2.00 bits per heavy atom. The van der Waals surface area contributed by atoms with Crippen LogP contribution in [0.4, 0.5) is 0 Å². The molecule has 0 saturated carbocycles. The van der Waals surface area contributed by atoms with Crippen LogP contribution in [0.3, 0.4) is 0 Å². The van der Waals surface area contributed by atoms with E-state index in [0.717, 1.165) is 18.5 Å². The predicted molar refractivity (Wildman–Crippen MR) is 61.5 cm³/mol. The van der Waals surface area contributed by atoms with Crippen LogP contribution >= 0.6 is 11.6 Å². The molecule has 0 unspecified atom stereocenters. The molecule has 2 aromatic rings. The van der Waals surface area contributed by atoms with Gasteiger partial charge in [0.2, 0.25) is 0 Å². The van der Waals surface area contributed by atoms with E-state index in [1.54, 1.807) is 12.1 Å². The summed E-state index contributed by atoms with van der Waals surface area (Å²) >= 11 is 5.79. The molecule has 16 heavy (non-hydrogen) atoms. The molecule has 0 radical (unpaired) electrons. The van der Waals surface area contributed by atoms with Crippen molar-refractivity contribution in [3.8, 4) is 5.69 Å². The van der Waals surface area contributed by atoms with Crippen molar-refractivity contribution < 1.29 is 0 Å². The molecule has 2 N–H and O–H groups in total. The number of hydrogen-bond donors (Lipinski definition) is 1. The smallest absolute Gasteiger partial charge is 0.175 e. The molecule has 0 saturated heterocycles. The quantitative estimate of drug-likeness (QED) is 0.868. The standard InChI is InChI=1S/C10H12ClN5/c11-8-3-5-9(6-4-8)16-14-10(13-15-16)2-1-7-12/h3-6H,1-2,7,12H2. The molecule has 0 aliphatic carbocycles. The second-order valence-electron chi connectivity index (χ2n) is 3.36.